The van der Waals surface area contributed by atoms with E-state index in [1.807, 2.05) is 24.3 Å². The van der Waals surface area contributed by atoms with E-state index in [0.29, 0.717) is 5.69 Å². The number of hydrogen-bond acceptors (Lipinski definition) is 5. The van der Waals surface area contributed by atoms with Crippen LogP contribution in [0.1, 0.15) is 19.4 Å². The molecule has 0 radical (unpaired) electrons. The van der Waals surface area contributed by atoms with Crippen molar-refractivity contribution >= 4 is 49.4 Å². The van der Waals surface area contributed by atoms with Gasteiger partial charge in [-0.1, -0.05) is 46.3 Å². The van der Waals surface area contributed by atoms with E-state index in [-0.39, 0.29) is 4.90 Å². The fourth-order valence-corrected chi connectivity index (χ4v) is 5.05. The Kier molecular flexibility index (Phi) is 8.84. The summed E-state index contributed by atoms with van der Waals surface area (Å²) in [5.74, 6) is -0.557. The van der Waals surface area contributed by atoms with Crippen LogP contribution in [0.2, 0.25) is 0 Å². The van der Waals surface area contributed by atoms with Gasteiger partial charge in [-0.2, -0.15) is 5.10 Å². The second-order valence-corrected chi connectivity index (χ2v) is 10.1. The Hall–Kier alpha value is -3.17. The van der Waals surface area contributed by atoms with Crippen molar-refractivity contribution in [2.24, 2.45) is 5.10 Å². The molecule has 178 valence electrons. The van der Waals surface area contributed by atoms with Gasteiger partial charge in [0.05, 0.1) is 16.8 Å². The van der Waals surface area contributed by atoms with E-state index < -0.39 is 22.5 Å². The molecule has 0 bridgehead atoms. The summed E-state index contributed by atoms with van der Waals surface area (Å²) in [4.78, 5) is 15.0. The van der Waals surface area contributed by atoms with Crippen LogP contribution >= 0.6 is 15.9 Å². The number of halogens is 1. The highest BCUT2D eigenvalue weighted by Crippen LogP contribution is 2.25. The SMILES string of the molecule is CCN(CC)c1ccc(/C=N\NC(=O)CN(c2ccc(Br)cc2)S(=O)(=O)c2ccccc2)cc1. The molecular formula is C25H27BrN4O3S. The van der Waals surface area contributed by atoms with Crippen LogP contribution < -0.4 is 14.6 Å². The van der Waals surface area contributed by atoms with Crippen LogP contribution in [0.25, 0.3) is 0 Å². The molecule has 0 atom stereocenters. The fraction of sp³-hybridized carbons (Fsp3) is 0.200. The summed E-state index contributed by atoms with van der Waals surface area (Å²) in [7, 11) is -3.96. The zero-order chi connectivity index (χ0) is 24.6. The van der Waals surface area contributed by atoms with Gasteiger partial charge >= 0.3 is 0 Å². The minimum atomic E-state index is -3.96. The molecule has 9 heteroatoms. The Morgan fingerprint density at radius 2 is 1.50 bits per heavy atom. The van der Waals surface area contributed by atoms with Crippen molar-refractivity contribution in [2.75, 3.05) is 28.8 Å². The van der Waals surface area contributed by atoms with E-state index in [1.54, 1.807) is 42.5 Å². The smallest absolute Gasteiger partial charge is 0.264 e. The van der Waals surface area contributed by atoms with Gasteiger partial charge < -0.3 is 4.90 Å². The number of carbonyl (C=O) groups is 1. The number of nitrogens with one attached hydrogen (secondary N) is 1. The predicted octanol–water partition coefficient (Wildman–Crippen LogP) is 4.64. The van der Waals surface area contributed by atoms with Crippen molar-refractivity contribution in [2.45, 2.75) is 18.7 Å². The summed E-state index contributed by atoms with van der Waals surface area (Å²) in [6, 6.07) is 22.6. The quantitative estimate of drug-likeness (QED) is 0.299. The van der Waals surface area contributed by atoms with Gasteiger partial charge in [-0.05, 0) is 67.9 Å². The first-order valence-electron chi connectivity index (χ1n) is 10.9. The second kappa shape index (κ2) is 11.8. The predicted molar refractivity (Wildman–Crippen MR) is 141 cm³/mol. The lowest BCUT2D eigenvalue weighted by atomic mass is 10.2. The van der Waals surface area contributed by atoms with Crippen molar-refractivity contribution in [3.63, 3.8) is 0 Å². The van der Waals surface area contributed by atoms with Crippen LogP contribution in [0, 0.1) is 0 Å². The number of anilines is 2. The largest absolute Gasteiger partial charge is 0.372 e. The molecule has 3 aromatic rings. The van der Waals surface area contributed by atoms with Gasteiger partial charge in [0.2, 0.25) is 0 Å². The summed E-state index contributed by atoms with van der Waals surface area (Å²) >= 11 is 3.35. The van der Waals surface area contributed by atoms with Crippen molar-refractivity contribution in [3.05, 3.63) is 88.9 Å². The normalized spacial score (nSPS) is 11.4. The standard InChI is InChI=1S/C25H27BrN4O3S/c1-3-29(4-2)22-14-10-20(11-15-22)18-27-28-25(31)19-30(23-16-12-21(26)13-17-23)34(32,33)24-8-6-5-7-9-24/h5-18H,3-4,19H2,1-2H3,(H,28,31)/b27-18-. The number of benzene rings is 3. The van der Waals surface area contributed by atoms with E-state index in [1.165, 1.54) is 18.3 Å². The first-order chi connectivity index (χ1) is 16.3. The summed E-state index contributed by atoms with van der Waals surface area (Å²) in [6.45, 7) is 5.62. The molecule has 0 aliphatic heterocycles. The number of carbonyl (C=O) groups excluding carboxylic acids is 1. The third-order valence-corrected chi connectivity index (χ3v) is 7.47. The summed E-state index contributed by atoms with van der Waals surface area (Å²) in [6.07, 6.45) is 1.53. The second-order valence-electron chi connectivity index (χ2n) is 7.36. The highest BCUT2D eigenvalue weighted by atomic mass is 79.9. The molecule has 0 saturated heterocycles. The molecule has 7 nitrogen and oxygen atoms in total. The lowest BCUT2D eigenvalue weighted by Crippen LogP contribution is -2.39. The third-order valence-electron chi connectivity index (χ3n) is 5.16. The van der Waals surface area contributed by atoms with E-state index in [9.17, 15) is 13.2 Å². The molecule has 0 aromatic heterocycles. The highest BCUT2D eigenvalue weighted by Gasteiger charge is 2.27. The van der Waals surface area contributed by atoms with Crippen LogP contribution in [-0.4, -0.2) is 40.2 Å². The molecule has 1 amide bonds. The summed E-state index contributed by atoms with van der Waals surface area (Å²) in [5.41, 5.74) is 4.73. The fourth-order valence-electron chi connectivity index (χ4n) is 3.35. The van der Waals surface area contributed by atoms with Crippen LogP contribution in [0.3, 0.4) is 0 Å². The number of hydrogen-bond donors (Lipinski definition) is 1. The molecule has 0 saturated carbocycles. The van der Waals surface area contributed by atoms with Gasteiger partial charge in [-0.25, -0.2) is 13.8 Å². The number of rotatable bonds is 10. The van der Waals surface area contributed by atoms with Crippen LogP contribution in [0.15, 0.2) is 93.3 Å². The Balaban J connectivity index is 1.74. The number of nitrogens with zero attached hydrogens (tertiary/aromatic N) is 3. The Morgan fingerprint density at radius 1 is 0.912 bits per heavy atom. The summed E-state index contributed by atoms with van der Waals surface area (Å²) in [5, 5.41) is 4.00. The van der Waals surface area contributed by atoms with Crippen LogP contribution in [-0.2, 0) is 14.8 Å². The maximum atomic E-state index is 13.3. The third kappa shape index (κ3) is 6.45. The summed E-state index contributed by atoms with van der Waals surface area (Å²) < 4.78 is 28.4. The molecule has 3 aromatic carbocycles. The Bertz CT molecular complexity index is 1210. The van der Waals surface area contributed by atoms with Crippen molar-refractivity contribution in [1.29, 1.82) is 0 Å². The molecule has 0 fully saturated rings. The lowest BCUT2D eigenvalue weighted by molar-refractivity contribution is -0.119. The average molecular weight is 543 g/mol. The Morgan fingerprint density at radius 3 is 2.09 bits per heavy atom. The van der Waals surface area contributed by atoms with Gasteiger partial charge in [-0.15, -0.1) is 0 Å². The average Bonchev–Trinajstić information content (AvgIpc) is 2.85. The monoisotopic (exact) mass is 542 g/mol. The molecule has 1 N–H and O–H groups in total. The molecule has 0 unspecified atom stereocenters. The molecule has 3 rings (SSSR count). The zero-order valence-electron chi connectivity index (χ0n) is 19.1. The maximum Gasteiger partial charge on any atom is 0.264 e. The first-order valence-corrected chi connectivity index (χ1v) is 13.1. The first kappa shape index (κ1) is 25.5. The van der Waals surface area contributed by atoms with Crippen molar-refractivity contribution in [1.82, 2.24) is 5.43 Å². The van der Waals surface area contributed by atoms with Crippen molar-refractivity contribution in [3.8, 4) is 0 Å². The van der Waals surface area contributed by atoms with Gasteiger partial charge in [0.25, 0.3) is 15.9 Å². The van der Waals surface area contributed by atoms with Crippen molar-refractivity contribution < 1.29 is 13.2 Å². The topological polar surface area (TPSA) is 82.1 Å². The van der Waals surface area contributed by atoms with E-state index in [4.69, 9.17) is 0 Å². The Labute approximate surface area is 209 Å². The zero-order valence-corrected chi connectivity index (χ0v) is 21.5. The van der Waals surface area contributed by atoms with E-state index >= 15 is 0 Å². The molecule has 34 heavy (non-hydrogen) atoms. The van der Waals surface area contributed by atoms with Gasteiger partial charge in [0.1, 0.15) is 6.54 Å². The van der Waals surface area contributed by atoms with E-state index in [2.05, 4.69) is 45.2 Å². The lowest BCUT2D eigenvalue weighted by Gasteiger charge is -2.23. The minimum Gasteiger partial charge on any atom is -0.372 e. The number of amides is 1. The molecular weight excluding hydrogens is 516 g/mol. The molecule has 0 spiro atoms. The molecule has 0 aliphatic carbocycles. The highest BCUT2D eigenvalue weighted by molar-refractivity contribution is 9.10. The van der Waals surface area contributed by atoms with Gasteiger partial charge in [-0.3, -0.25) is 9.10 Å². The van der Waals surface area contributed by atoms with E-state index in [0.717, 1.165) is 33.1 Å². The van der Waals surface area contributed by atoms with Crippen LogP contribution in [0.5, 0.6) is 0 Å². The number of hydrazone groups is 1. The van der Waals surface area contributed by atoms with Gasteiger partial charge in [0, 0.05) is 23.2 Å². The minimum absolute atomic E-state index is 0.0995. The van der Waals surface area contributed by atoms with Gasteiger partial charge in [0.15, 0.2) is 0 Å². The molecule has 0 heterocycles. The maximum absolute atomic E-state index is 13.3. The molecule has 0 aliphatic rings. The number of sulfonamides is 1. The van der Waals surface area contributed by atoms with Crippen LogP contribution in [0.4, 0.5) is 11.4 Å².